The van der Waals surface area contributed by atoms with Crippen LogP contribution in [0.15, 0.2) is 51.9 Å². The molecule has 0 bridgehead atoms. The molecule has 0 unspecified atom stereocenters. The molecule has 8 nitrogen and oxygen atoms in total. The van der Waals surface area contributed by atoms with Gasteiger partial charge in [0.1, 0.15) is 5.58 Å². The van der Waals surface area contributed by atoms with Gasteiger partial charge in [0, 0.05) is 35.5 Å². The van der Waals surface area contributed by atoms with Gasteiger partial charge in [0.25, 0.3) is 5.89 Å². The Morgan fingerprint density at radius 2 is 2.16 bits per heavy atom. The van der Waals surface area contributed by atoms with E-state index < -0.39 is 6.10 Å². The van der Waals surface area contributed by atoms with Crippen LogP contribution in [0.3, 0.4) is 0 Å². The standard InChI is InChI=1S/C23H22N4O4/c1-14-5-6-18-17(13-30-21(18)15(14)2)10-20(28)27-8-9-29-19(12-27)23-25-22(26-31-23)16-4-3-7-24-11-16/h3-7,11,13,19H,8-10,12H2,1-2H3/t19-/m0/s1. The van der Waals surface area contributed by atoms with Gasteiger partial charge in [-0.05, 0) is 37.1 Å². The molecule has 0 N–H and O–H groups in total. The van der Waals surface area contributed by atoms with Crippen molar-refractivity contribution < 1.29 is 18.5 Å². The molecule has 1 aliphatic heterocycles. The van der Waals surface area contributed by atoms with Gasteiger partial charge in [-0.25, -0.2) is 0 Å². The zero-order valence-corrected chi connectivity index (χ0v) is 17.4. The number of ether oxygens (including phenoxy) is 1. The van der Waals surface area contributed by atoms with Crippen LogP contribution >= 0.6 is 0 Å². The van der Waals surface area contributed by atoms with Crippen molar-refractivity contribution in [1.82, 2.24) is 20.0 Å². The SMILES string of the molecule is Cc1ccc2c(CC(=O)N3CCO[C@H](c4nc(-c5cccnc5)no4)C3)coc2c1C. The maximum absolute atomic E-state index is 13.0. The van der Waals surface area contributed by atoms with Gasteiger partial charge in [-0.3, -0.25) is 9.78 Å². The average Bonchev–Trinajstić information content (AvgIpc) is 3.45. The van der Waals surface area contributed by atoms with Crippen LogP contribution in [-0.4, -0.2) is 45.6 Å². The molecule has 3 aromatic heterocycles. The van der Waals surface area contributed by atoms with E-state index in [1.807, 2.05) is 32.0 Å². The van der Waals surface area contributed by atoms with Crippen molar-refractivity contribution in [2.75, 3.05) is 19.7 Å². The fourth-order valence-electron chi connectivity index (χ4n) is 3.80. The summed E-state index contributed by atoms with van der Waals surface area (Å²) in [5.74, 6) is 0.822. The van der Waals surface area contributed by atoms with Crippen LogP contribution in [0.4, 0.5) is 0 Å². The Labute approximate surface area is 178 Å². The van der Waals surface area contributed by atoms with E-state index in [2.05, 4.69) is 21.2 Å². The lowest BCUT2D eigenvalue weighted by molar-refractivity contribution is -0.139. The van der Waals surface area contributed by atoms with Gasteiger partial charge in [0.2, 0.25) is 11.7 Å². The first-order chi connectivity index (χ1) is 15.1. The van der Waals surface area contributed by atoms with Gasteiger partial charge in [0.15, 0.2) is 6.10 Å². The van der Waals surface area contributed by atoms with E-state index in [4.69, 9.17) is 13.7 Å². The molecule has 1 amide bonds. The summed E-state index contributed by atoms with van der Waals surface area (Å²) in [6.07, 6.45) is 4.86. The fraction of sp³-hybridized carbons (Fsp3) is 0.304. The van der Waals surface area contributed by atoms with E-state index in [0.29, 0.717) is 31.4 Å². The number of amides is 1. The number of carbonyl (C=O) groups excluding carboxylic acids is 1. The number of furan rings is 1. The number of morpholine rings is 1. The third kappa shape index (κ3) is 3.70. The predicted molar refractivity (Wildman–Crippen MR) is 112 cm³/mol. The van der Waals surface area contributed by atoms with Crippen LogP contribution in [0.5, 0.6) is 0 Å². The normalized spacial score (nSPS) is 16.7. The zero-order valence-electron chi connectivity index (χ0n) is 17.4. The Kier molecular flexibility index (Phi) is 4.99. The van der Waals surface area contributed by atoms with Crippen molar-refractivity contribution in [2.45, 2.75) is 26.4 Å². The lowest BCUT2D eigenvalue weighted by Crippen LogP contribution is -2.43. The molecule has 8 heteroatoms. The van der Waals surface area contributed by atoms with E-state index in [-0.39, 0.29) is 12.3 Å². The summed E-state index contributed by atoms with van der Waals surface area (Å²) in [6, 6.07) is 7.74. The maximum atomic E-state index is 13.0. The van der Waals surface area contributed by atoms with Crippen LogP contribution < -0.4 is 0 Å². The molecule has 0 saturated carbocycles. The van der Waals surface area contributed by atoms with E-state index in [1.165, 1.54) is 5.56 Å². The number of carbonyl (C=O) groups is 1. The molecule has 1 fully saturated rings. The third-order valence-electron chi connectivity index (χ3n) is 5.74. The molecule has 1 atom stereocenters. The van der Waals surface area contributed by atoms with Gasteiger partial charge in [0.05, 0.1) is 25.8 Å². The Bertz CT molecular complexity index is 1230. The topological polar surface area (TPSA) is 94.5 Å². The number of aryl methyl sites for hydroxylation is 2. The molecule has 31 heavy (non-hydrogen) atoms. The monoisotopic (exact) mass is 418 g/mol. The summed E-state index contributed by atoms with van der Waals surface area (Å²) in [7, 11) is 0. The second-order valence-corrected chi connectivity index (χ2v) is 7.72. The quantitative estimate of drug-likeness (QED) is 0.499. The van der Waals surface area contributed by atoms with Crippen molar-refractivity contribution >= 4 is 16.9 Å². The minimum Gasteiger partial charge on any atom is -0.464 e. The Morgan fingerprint density at radius 3 is 3.00 bits per heavy atom. The maximum Gasteiger partial charge on any atom is 0.257 e. The summed E-state index contributed by atoms with van der Waals surface area (Å²) in [5.41, 5.74) is 4.77. The van der Waals surface area contributed by atoms with Crippen LogP contribution in [0.25, 0.3) is 22.4 Å². The molecule has 0 aliphatic carbocycles. The summed E-state index contributed by atoms with van der Waals surface area (Å²) in [5, 5.41) is 5.01. The van der Waals surface area contributed by atoms with Crippen LogP contribution in [0.2, 0.25) is 0 Å². The molecule has 1 aromatic carbocycles. The number of pyridine rings is 1. The van der Waals surface area contributed by atoms with Crippen molar-refractivity contribution in [3.8, 4) is 11.4 Å². The molecule has 158 valence electrons. The van der Waals surface area contributed by atoms with Gasteiger partial charge < -0.3 is 18.6 Å². The molecule has 4 aromatic rings. The third-order valence-corrected chi connectivity index (χ3v) is 5.74. The number of nitrogens with zero attached hydrogens (tertiary/aromatic N) is 4. The summed E-state index contributed by atoms with van der Waals surface area (Å²) < 4.78 is 17.0. The van der Waals surface area contributed by atoms with Gasteiger partial charge in [-0.15, -0.1) is 0 Å². The van der Waals surface area contributed by atoms with Crippen molar-refractivity contribution in [1.29, 1.82) is 0 Å². The molecular formula is C23H22N4O4. The van der Waals surface area contributed by atoms with Crippen LogP contribution in [-0.2, 0) is 16.0 Å². The fourth-order valence-corrected chi connectivity index (χ4v) is 3.80. The second kappa shape index (κ2) is 7.96. The van der Waals surface area contributed by atoms with E-state index in [0.717, 1.165) is 27.7 Å². The van der Waals surface area contributed by atoms with Gasteiger partial charge in [-0.1, -0.05) is 17.3 Å². The molecular weight excluding hydrogens is 396 g/mol. The molecule has 1 saturated heterocycles. The molecule has 5 rings (SSSR count). The molecule has 1 aliphatic rings. The van der Waals surface area contributed by atoms with Crippen LogP contribution in [0.1, 0.15) is 28.7 Å². The lowest BCUT2D eigenvalue weighted by atomic mass is 10.0. The largest absolute Gasteiger partial charge is 0.464 e. The van der Waals surface area contributed by atoms with Crippen molar-refractivity contribution in [2.24, 2.45) is 0 Å². The number of hydrogen-bond acceptors (Lipinski definition) is 7. The van der Waals surface area contributed by atoms with E-state index in [1.54, 1.807) is 23.6 Å². The highest BCUT2D eigenvalue weighted by molar-refractivity contribution is 5.89. The Hall–Kier alpha value is -3.52. The Balaban J connectivity index is 1.30. The van der Waals surface area contributed by atoms with Gasteiger partial charge >= 0.3 is 0 Å². The number of benzene rings is 1. The van der Waals surface area contributed by atoms with Gasteiger partial charge in [-0.2, -0.15) is 4.98 Å². The highest BCUT2D eigenvalue weighted by atomic mass is 16.5. The summed E-state index contributed by atoms with van der Waals surface area (Å²) in [6.45, 7) is 5.37. The van der Waals surface area contributed by atoms with E-state index >= 15 is 0 Å². The number of rotatable bonds is 4. The van der Waals surface area contributed by atoms with Crippen LogP contribution in [0, 0.1) is 13.8 Å². The number of fused-ring (bicyclic) bond motifs is 1. The minimum atomic E-state index is -0.457. The first-order valence-corrected chi connectivity index (χ1v) is 10.2. The first-order valence-electron chi connectivity index (χ1n) is 10.2. The average molecular weight is 418 g/mol. The molecule has 4 heterocycles. The summed E-state index contributed by atoms with van der Waals surface area (Å²) >= 11 is 0. The lowest BCUT2D eigenvalue weighted by Gasteiger charge is -2.31. The highest BCUT2D eigenvalue weighted by Gasteiger charge is 2.30. The highest BCUT2D eigenvalue weighted by Crippen LogP contribution is 2.28. The number of aromatic nitrogens is 3. The zero-order chi connectivity index (χ0) is 21.4. The predicted octanol–water partition coefficient (Wildman–Crippen LogP) is 3.64. The number of hydrogen-bond donors (Lipinski definition) is 0. The Morgan fingerprint density at radius 1 is 1.26 bits per heavy atom. The minimum absolute atomic E-state index is 0.0150. The van der Waals surface area contributed by atoms with Crippen molar-refractivity contribution in [3.63, 3.8) is 0 Å². The second-order valence-electron chi connectivity index (χ2n) is 7.72. The summed E-state index contributed by atoms with van der Waals surface area (Å²) in [4.78, 5) is 23.3. The van der Waals surface area contributed by atoms with Crippen molar-refractivity contribution in [3.05, 3.63) is 65.5 Å². The van der Waals surface area contributed by atoms with E-state index in [9.17, 15) is 4.79 Å². The smallest absolute Gasteiger partial charge is 0.257 e. The molecule has 0 radical (unpaired) electrons. The first kappa shape index (κ1) is 19.4. The molecule has 0 spiro atoms.